The van der Waals surface area contributed by atoms with E-state index in [-0.39, 0.29) is 17.4 Å². The number of rotatable bonds is 2. The largest absolute Gasteiger partial charge is 0.337 e. The molecule has 1 N–H and O–H groups in total. The molecular weight excluding hydrogens is 302 g/mol. The molecule has 22 heavy (non-hydrogen) atoms. The van der Waals surface area contributed by atoms with Gasteiger partial charge in [-0.25, -0.2) is 12.7 Å². The van der Waals surface area contributed by atoms with Crippen molar-refractivity contribution in [1.29, 1.82) is 0 Å². The minimum absolute atomic E-state index is 0.158. The second-order valence-corrected chi connectivity index (χ2v) is 9.33. The van der Waals surface area contributed by atoms with Gasteiger partial charge in [0.1, 0.15) is 0 Å². The van der Waals surface area contributed by atoms with Crippen LogP contribution in [0.3, 0.4) is 0 Å². The summed E-state index contributed by atoms with van der Waals surface area (Å²) in [6, 6.07) is 0.282. The number of piperazine rings is 1. The summed E-state index contributed by atoms with van der Waals surface area (Å²) in [5.74, 6) is 0.468. The number of nitrogens with zero attached hydrogens (tertiary/aromatic N) is 2. The fraction of sp³-hybridized carbons (Fsp3) is 0.933. The van der Waals surface area contributed by atoms with Crippen molar-refractivity contribution in [2.75, 3.05) is 39.0 Å². The Morgan fingerprint density at radius 2 is 1.82 bits per heavy atom. The van der Waals surface area contributed by atoms with Gasteiger partial charge in [-0.3, -0.25) is 4.79 Å². The first kappa shape index (κ1) is 16.2. The van der Waals surface area contributed by atoms with E-state index in [0.29, 0.717) is 19.0 Å². The van der Waals surface area contributed by atoms with E-state index in [1.54, 1.807) is 4.31 Å². The molecule has 3 rings (SSSR count). The van der Waals surface area contributed by atoms with Gasteiger partial charge in [-0.1, -0.05) is 0 Å². The van der Waals surface area contributed by atoms with Gasteiger partial charge in [-0.2, -0.15) is 0 Å². The molecule has 3 fully saturated rings. The molecule has 1 atom stereocenters. The molecule has 1 aliphatic carbocycles. The highest BCUT2D eigenvalue weighted by atomic mass is 32.2. The van der Waals surface area contributed by atoms with Crippen LogP contribution in [0.5, 0.6) is 0 Å². The van der Waals surface area contributed by atoms with Crippen LogP contribution in [0.15, 0.2) is 0 Å². The second kappa shape index (κ2) is 5.76. The van der Waals surface area contributed by atoms with Crippen LogP contribution in [0, 0.1) is 11.3 Å². The third kappa shape index (κ3) is 3.03. The molecule has 3 aliphatic rings. The Morgan fingerprint density at radius 3 is 2.36 bits per heavy atom. The number of piperidine rings is 1. The zero-order valence-corrected chi connectivity index (χ0v) is 14.4. The summed E-state index contributed by atoms with van der Waals surface area (Å²) in [6.45, 7) is 5.91. The van der Waals surface area contributed by atoms with E-state index in [9.17, 15) is 13.2 Å². The van der Waals surface area contributed by atoms with Crippen LogP contribution in [-0.4, -0.2) is 68.6 Å². The van der Waals surface area contributed by atoms with Crippen LogP contribution in [-0.2, 0) is 14.8 Å². The Labute approximate surface area is 133 Å². The average molecular weight is 329 g/mol. The van der Waals surface area contributed by atoms with Gasteiger partial charge in [0.15, 0.2) is 0 Å². The first-order chi connectivity index (χ1) is 10.3. The molecule has 0 aromatic carbocycles. The lowest BCUT2D eigenvalue weighted by Gasteiger charge is -2.52. The van der Waals surface area contributed by atoms with Gasteiger partial charge in [0.05, 0.1) is 6.26 Å². The van der Waals surface area contributed by atoms with Gasteiger partial charge in [0, 0.05) is 44.7 Å². The van der Waals surface area contributed by atoms with Gasteiger partial charge >= 0.3 is 0 Å². The number of amides is 1. The minimum Gasteiger partial charge on any atom is -0.337 e. The molecule has 1 saturated carbocycles. The van der Waals surface area contributed by atoms with Crippen LogP contribution >= 0.6 is 0 Å². The topological polar surface area (TPSA) is 69.7 Å². The molecule has 1 amide bonds. The molecule has 6 nitrogen and oxygen atoms in total. The maximum Gasteiger partial charge on any atom is 0.226 e. The monoisotopic (exact) mass is 329 g/mol. The van der Waals surface area contributed by atoms with Crippen molar-refractivity contribution in [2.45, 2.75) is 38.6 Å². The quantitative estimate of drug-likeness (QED) is 0.789. The van der Waals surface area contributed by atoms with Crippen LogP contribution in [0.2, 0.25) is 0 Å². The standard InChI is InChI=1S/C15H27N3O3S/c1-12-11-16-5-8-18(12)14(19)13-9-15(10-13)3-6-17(7-4-15)22(2,20)21/h12-13,16H,3-11H2,1-2H3/t12-/m0/s1. The van der Waals surface area contributed by atoms with E-state index in [2.05, 4.69) is 12.2 Å². The summed E-state index contributed by atoms with van der Waals surface area (Å²) in [7, 11) is -3.06. The van der Waals surface area contributed by atoms with Gasteiger partial charge in [-0.15, -0.1) is 0 Å². The number of sulfonamides is 1. The molecule has 7 heteroatoms. The van der Waals surface area contributed by atoms with Crippen molar-refractivity contribution in [3.8, 4) is 0 Å². The van der Waals surface area contributed by atoms with E-state index < -0.39 is 10.0 Å². The number of carbonyl (C=O) groups is 1. The molecule has 0 aromatic rings. The lowest BCUT2D eigenvalue weighted by molar-refractivity contribution is -0.148. The van der Waals surface area contributed by atoms with E-state index in [1.807, 2.05) is 4.90 Å². The van der Waals surface area contributed by atoms with Crippen LogP contribution < -0.4 is 5.32 Å². The fourth-order valence-electron chi connectivity index (χ4n) is 4.26. The Morgan fingerprint density at radius 1 is 1.18 bits per heavy atom. The summed E-state index contributed by atoms with van der Waals surface area (Å²) < 4.78 is 24.7. The van der Waals surface area contributed by atoms with Crippen LogP contribution in [0.4, 0.5) is 0 Å². The van der Waals surface area contributed by atoms with Crippen molar-refractivity contribution < 1.29 is 13.2 Å². The Kier molecular flexibility index (Phi) is 4.24. The number of hydrogen-bond donors (Lipinski definition) is 1. The normalized spacial score (nSPS) is 30.3. The van der Waals surface area contributed by atoms with Crippen molar-refractivity contribution in [3.05, 3.63) is 0 Å². The molecule has 0 radical (unpaired) electrons. The minimum atomic E-state index is -3.06. The second-order valence-electron chi connectivity index (χ2n) is 7.35. The van der Waals surface area contributed by atoms with E-state index in [4.69, 9.17) is 0 Å². The van der Waals surface area contributed by atoms with Gasteiger partial charge in [0.2, 0.25) is 15.9 Å². The SMILES string of the molecule is C[C@H]1CNCCN1C(=O)C1CC2(CCN(S(C)(=O)=O)CC2)C1. The highest BCUT2D eigenvalue weighted by molar-refractivity contribution is 7.88. The summed E-state index contributed by atoms with van der Waals surface area (Å²) in [5, 5.41) is 3.31. The Balaban J connectivity index is 1.53. The molecule has 2 aliphatic heterocycles. The van der Waals surface area contributed by atoms with Crippen molar-refractivity contribution in [1.82, 2.24) is 14.5 Å². The maximum atomic E-state index is 12.6. The molecule has 2 heterocycles. The third-order valence-corrected chi connectivity index (χ3v) is 7.05. The van der Waals surface area contributed by atoms with Crippen LogP contribution in [0.1, 0.15) is 32.6 Å². The van der Waals surface area contributed by atoms with Crippen LogP contribution in [0.25, 0.3) is 0 Å². The molecule has 0 unspecified atom stereocenters. The first-order valence-electron chi connectivity index (χ1n) is 8.27. The van der Waals surface area contributed by atoms with E-state index >= 15 is 0 Å². The zero-order valence-electron chi connectivity index (χ0n) is 13.5. The predicted molar refractivity (Wildman–Crippen MR) is 84.9 cm³/mol. The van der Waals surface area contributed by atoms with E-state index in [0.717, 1.165) is 45.3 Å². The lowest BCUT2D eigenvalue weighted by atomic mass is 9.57. The van der Waals surface area contributed by atoms with Gasteiger partial charge in [0.25, 0.3) is 0 Å². The highest BCUT2D eigenvalue weighted by Crippen LogP contribution is 2.53. The molecule has 1 spiro atoms. The summed E-state index contributed by atoms with van der Waals surface area (Å²) >= 11 is 0. The van der Waals surface area contributed by atoms with Gasteiger partial charge in [-0.05, 0) is 38.0 Å². The Hall–Kier alpha value is -0.660. The fourth-order valence-corrected chi connectivity index (χ4v) is 5.11. The lowest BCUT2D eigenvalue weighted by Crippen LogP contribution is -2.57. The van der Waals surface area contributed by atoms with Crippen molar-refractivity contribution in [2.24, 2.45) is 11.3 Å². The number of carbonyl (C=O) groups excluding carboxylic acids is 1. The molecule has 2 saturated heterocycles. The first-order valence-corrected chi connectivity index (χ1v) is 10.1. The van der Waals surface area contributed by atoms with Crippen molar-refractivity contribution in [3.63, 3.8) is 0 Å². The number of hydrogen-bond acceptors (Lipinski definition) is 4. The summed E-state index contributed by atoms with van der Waals surface area (Å²) in [5.41, 5.74) is 0.221. The average Bonchev–Trinajstić information content (AvgIpc) is 2.44. The molecule has 0 bridgehead atoms. The van der Waals surface area contributed by atoms with Gasteiger partial charge < -0.3 is 10.2 Å². The number of nitrogens with one attached hydrogen (secondary N) is 1. The smallest absolute Gasteiger partial charge is 0.226 e. The highest BCUT2D eigenvalue weighted by Gasteiger charge is 2.50. The summed E-state index contributed by atoms with van der Waals surface area (Å²) in [4.78, 5) is 14.7. The zero-order chi connectivity index (χ0) is 16.0. The summed E-state index contributed by atoms with van der Waals surface area (Å²) in [6.07, 6.45) is 4.98. The maximum absolute atomic E-state index is 12.6. The van der Waals surface area contributed by atoms with Crippen molar-refractivity contribution >= 4 is 15.9 Å². The predicted octanol–water partition coefficient (Wildman–Crippen LogP) is 0.259. The molecule has 0 aromatic heterocycles. The Bertz CT molecular complexity index is 532. The van der Waals surface area contributed by atoms with E-state index in [1.165, 1.54) is 6.26 Å². The molecule has 126 valence electrons. The molecular formula is C15H27N3O3S. The third-order valence-electron chi connectivity index (χ3n) is 5.74.